The largest absolute Gasteiger partial charge is 0.444 e. The summed E-state index contributed by atoms with van der Waals surface area (Å²) in [7, 11) is 0. The standard InChI is InChI=1S/C14H23N3O2/c1-14(2,3)19-13(18)17-9-5-8-16-11-12-6-4-7-15-10-12/h4,6-7,10,16H,5,8-9,11H2,1-3H3,(H,17,18). The van der Waals surface area contributed by atoms with Gasteiger partial charge in [-0.1, -0.05) is 6.07 Å². The molecule has 1 amide bonds. The molecule has 0 unspecified atom stereocenters. The molecule has 0 aromatic carbocycles. The second-order valence-electron chi connectivity index (χ2n) is 5.32. The van der Waals surface area contributed by atoms with Crippen LogP contribution in [0.25, 0.3) is 0 Å². The summed E-state index contributed by atoms with van der Waals surface area (Å²) in [5, 5.41) is 6.02. The van der Waals surface area contributed by atoms with Gasteiger partial charge in [-0.25, -0.2) is 4.79 Å². The van der Waals surface area contributed by atoms with E-state index >= 15 is 0 Å². The number of rotatable bonds is 6. The second kappa shape index (κ2) is 7.74. The van der Waals surface area contributed by atoms with Gasteiger partial charge in [0.1, 0.15) is 5.60 Å². The summed E-state index contributed by atoms with van der Waals surface area (Å²) in [5.74, 6) is 0. The topological polar surface area (TPSA) is 63.2 Å². The van der Waals surface area contributed by atoms with Gasteiger partial charge in [0.2, 0.25) is 0 Å². The third-order valence-corrected chi connectivity index (χ3v) is 2.25. The van der Waals surface area contributed by atoms with E-state index in [1.54, 1.807) is 6.20 Å². The molecule has 5 nitrogen and oxygen atoms in total. The fraction of sp³-hybridized carbons (Fsp3) is 0.571. The molecule has 0 atom stereocenters. The highest BCUT2D eigenvalue weighted by molar-refractivity contribution is 5.67. The Balaban J connectivity index is 2.01. The number of nitrogens with zero attached hydrogens (tertiary/aromatic N) is 1. The summed E-state index contributed by atoms with van der Waals surface area (Å²) in [6.07, 6.45) is 4.10. The number of pyridine rings is 1. The van der Waals surface area contributed by atoms with Crippen LogP contribution in [0.4, 0.5) is 4.79 Å². The van der Waals surface area contributed by atoms with Crippen molar-refractivity contribution in [2.45, 2.75) is 39.3 Å². The van der Waals surface area contributed by atoms with Crippen LogP contribution in [-0.4, -0.2) is 29.8 Å². The molecule has 1 aromatic heterocycles. The zero-order valence-electron chi connectivity index (χ0n) is 11.9. The molecular weight excluding hydrogens is 242 g/mol. The number of alkyl carbamates (subject to hydrolysis) is 1. The first-order valence-corrected chi connectivity index (χ1v) is 6.54. The number of hydrogen-bond donors (Lipinski definition) is 2. The maximum absolute atomic E-state index is 11.4. The molecule has 106 valence electrons. The molecule has 1 aromatic rings. The van der Waals surface area contributed by atoms with Crippen molar-refractivity contribution in [2.24, 2.45) is 0 Å². The number of carbonyl (C=O) groups excluding carboxylic acids is 1. The van der Waals surface area contributed by atoms with Gasteiger partial charge >= 0.3 is 6.09 Å². The summed E-state index contributed by atoms with van der Waals surface area (Å²) in [4.78, 5) is 15.4. The zero-order valence-corrected chi connectivity index (χ0v) is 11.9. The quantitative estimate of drug-likeness (QED) is 0.773. The molecule has 0 radical (unpaired) electrons. The van der Waals surface area contributed by atoms with Gasteiger partial charge in [0, 0.05) is 25.5 Å². The maximum Gasteiger partial charge on any atom is 0.407 e. The number of nitrogens with one attached hydrogen (secondary N) is 2. The Morgan fingerprint density at radius 2 is 2.16 bits per heavy atom. The molecule has 0 aliphatic carbocycles. The van der Waals surface area contributed by atoms with Gasteiger partial charge in [-0.3, -0.25) is 4.98 Å². The molecule has 0 aliphatic heterocycles. The van der Waals surface area contributed by atoms with Crippen LogP contribution in [0.3, 0.4) is 0 Å². The van der Waals surface area contributed by atoms with E-state index in [9.17, 15) is 4.79 Å². The maximum atomic E-state index is 11.4. The first-order chi connectivity index (χ1) is 8.97. The van der Waals surface area contributed by atoms with Crippen molar-refractivity contribution in [3.8, 4) is 0 Å². The molecule has 1 rings (SSSR count). The predicted octanol–water partition coefficient (Wildman–Crippen LogP) is 2.09. The molecule has 0 spiro atoms. The molecule has 1 heterocycles. The second-order valence-corrected chi connectivity index (χ2v) is 5.32. The van der Waals surface area contributed by atoms with E-state index in [2.05, 4.69) is 15.6 Å². The fourth-order valence-electron chi connectivity index (χ4n) is 1.45. The Hall–Kier alpha value is -1.62. The van der Waals surface area contributed by atoms with Crippen molar-refractivity contribution < 1.29 is 9.53 Å². The van der Waals surface area contributed by atoms with Gasteiger partial charge in [0.15, 0.2) is 0 Å². The third-order valence-electron chi connectivity index (χ3n) is 2.25. The van der Waals surface area contributed by atoms with Crippen LogP contribution in [0, 0.1) is 0 Å². The van der Waals surface area contributed by atoms with Crippen molar-refractivity contribution in [1.29, 1.82) is 0 Å². The van der Waals surface area contributed by atoms with Crippen molar-refractivity contribution in [3.63, 3.8) is 0 Å². The molecule has 0 bridgehead atoms. The minimum Gasteiger partial charge on any atom is -0.444 e. The molecule has 0 fully saturated rings. The van der Waals surface area contributed by atoms with Crippen LogP contribution in [0.15, 0.2) is 24.5 Å². The third kappa shape index (κ3) is 8.15. The summed E-state index contributed by atoms with van der Waals surface area (Å²) in [6.45, 7) is 7.78. The highest BCUT2D eigenvalue weighted by atomic mass is 16.6. The van der Waals surface area contributed by atoms with Crippen molar-refractivity contribution >= 4 is 6.09 Å². The van der Waals surface area contributed by atoms with E-state index in [0.717, 1.165) is 25.1 Å². The number of amides is 1. The molecule has 2 N–H and O–H groups in total. The first kappa shape index (κ1) is 15.4. The van der Waals surface area contributed by atoms with Gasteiger partial charge < -0.3 is 15.4 Å². The first-order valence-electron chi connectivity index (χ1n) is 6.54. The van der Waals surface area contributed by atoms with Crippen LogP contribution in [0.5, 0.6) is 0 Å². The SMILES string of the molecule is CC(C)(C)OC(=O)NCCCNCc1cccnc1. The minimum atomic E-state index is -0.442. The number of carbonyl (C=O) groups is 1. The van der Waals surface area contributed by atoms with Crippen LogP contribution in [0.2, 0.25) is 0 Å². The number of ether oxygens (including phenoxy) is 1. The number of hydrogen-bond acceptors (Lipinski definition) is 4. The van der Waals surface area contributed by atoms with Crippen molar-refractivity contribution in [3.05, 3.63) is 30.1 Å². The molecule has 0 aliphatic rings. The lowest BCUT2D eigenvalue weighted by atomic mass is 10.2. The molecule has 0 saturated carbocycles. The Bertz CT molecular complexity index is 374. The minimum absolute atomic E-state index is 0.361. The molecule has 19 heavy (non-hydrogen) atoms. The fourth-order valence-corrected chi connectivity index (χ4v) is 1.45. The summed E-state index contributed by atoms with van der Waals surface area (Å²) < 4.78 is 5.13. The summed E-state index contributed by atoms with van der Waals surface area (Å²) >= 11 is 0. The average molecular weight is 265 g/mol. The Morgan fingerprint density at radius 3 is 2.79 bits per heavy atom. The molecular formula is C14H23N3O2. The zero-order chi connectivity index (χ0) is 14.1. The average Bonchev–Trinajstić information content (AvgIpc) is 2.32. The predicted molar refractivity (Wildman–Crippen MR) is 74.8 cm³/mol. The highest BCUT2D eigenvalue weighted by Crippen LogP contribution is 2.06. The van der Waals surface area contributed by atoms with Gasteiger partial charge in [-0.15, -0.1) is 0 Å². The van der Waals surface area contributed by atoms with E-state index in [1.165, 1.54) is 0 Å². The van der Waals surface area contributed by atoms with Crippen LogP contribution in [0.1, 0.15) is 32.8 Å². The van der Waals surface area contributed by atoms with Crippen molar-refractivity contribution in [2.75, 3.05) is 13.1 Å². The molecule has 5 heteroatoms. The number of aromatic nitrogens is 1. The van der Waals surface area contributed by atoms with Crippen LogP contribution in [-0.2, 0) is 11.3 Å². The highest BCUT2D eigenvalue weighted by Gasteiger charge is 2.15. The Kier molecular flexibility index (Phi) is 6.29. The smallest absolute Gasteiger partial charge is 0.407 e. The van der Waals surface area contributed by atoms with E-state index < -0.39 is 5.60 Å². The van der Waals surface area contributed by atoms with Crippen LogP contribution < -0.4 is 10.6 Å². The van der Waals surface area contributed by atoms with Gasteiger partial charge in [-0.05, 0) is 45.4 Å². The molecule has 0 saturated heterocycles. The normalized spacial score (nSPS) is 11.1. The Labute approximate surface area is 114 Å². The Morgan fingerprint density at radius 1 is 1.37 bits per heavy atom. The van der Waals surface area contributed by atoms with Gasteiger partial charge in [-0.2, -0.15) is 0 Å². The lowest BCUT2D eigenvalue weighted by molar-refractivity contribution is 0.0527. The van der Waals surface area contributed by atoms with E-state index in [1.807, 2.05) is 39.1 Å². The van der Waals surface area contributed by atoms with Gasteiger partial charge in [0.25, 0.3) is 0 Å². The monoisotopic (exact) mass is 265 g/mol. The van der Waals surface area contributed by atoms with Crippen LogP contribution >= 0.6 is 0 Å². The van der Waals surface area contributed by atoms with E-state index in [0.29, 0.717) is 6.54 Å². The lowest BCUT2D eigenvalue weighted by Crippen LogP contribution is -2.33. The lowest BCUT2D eigenvalue weighted by Gasteiger charge is -2.19. The van der Waals surface area contributed by atoms with E-state index in [4.69, 9.17) is 4.74 Å². The summed E-state index contributed by atoms with van der Waals surface area (Å²) in [5.41, 5.74) is 0.713. The van der Waals surface area contributed by atoms with Crippen molar-refractivity contribution in [1.82, 2.24) is 15.6 Å². The summed E-state index contributed by atoms with van der Waals surface area (Å²) in [6, 6.07) is 3.94. The van der Waals surface area contributed by atoms with Gasteiger partial charge in [0.05, 0.1) is 0 Å². The van der Waals surface area contributed by atoms with E-state index in [-0.39, 0.29) is 6.09 Å².